The third-order valence-corrected chi connectivity index (χ3v) is 3.72. The molecule has 2 rings (SSSR count). The fraction of sp³-hybridized carbons (Fsp3) is 0.500. The Bertz CT molecular complexity index is 498. The zero-order valence-electron chi connectivity index (χ0n) is 11.9. The van der Waals surface area contributed by atoms with E-state index in [1.165, 1.54) is 6.07 Å². The van der Waals surface area contributed by atoms with Crippen LogP contribution in [0, 0.1) is 11.7 Å². The summed E-state index contributed by atoms with van der Waals surface area (Å²) in [6, 6.07) is 6.23. The van der Waals surface area contributed by atoms with Crippen molar-refractivity contribution in [3.63, 3.8) is 0 Å². The lowest BCUT2D eigenvalue weighted by molar-refractivity contribution is -0.153. The van der Waals surface area contributed by atoms with E-state index in [-0.39, 0.29) is 30.9 Å². The molecular weight excluding hydrogens is 273 g/mol. The van der Waals surface area contributed by atoms with Gasteiger partial charge in [-0.15, -0.1) is 0 Å². The van der Waals surface area contributed by atoms with E-state index in [4.69, 9.17) is 4.74 Å². The Kier molecular flexibility index (Phi) is 5.72. The number of hydrogen-bond acceptors (Lipinski definition) is 3. The second-order valence-corrected chi connectivity index (χ2v) is 5.31. The second-order valence-electron chi connectivity index (χ2n) is 5.31. The molecule has 0 aliphatic heterocycles. The number of halogens is 1. The highest BCUT2D eigenvalue weighted by atomic mass is 19.1. The Morgan fingerprint density at radius 3 is 2.62 bits per heavy atom. The summed E-state index contributed by atoms with van der Waals surface area (Å²) in [6.45, 7) is -0.212. The number of carbonyl (C=O) groups is 2. The fourth-order valence-electron chi connectivity index (χ4n) is 2.48. The molecule has 0 radical (unpaired) electrons. The number of esters is 1. The van der Waals surface area contributed by atoms with Gasteiger partial charge in [0.15, 0.2) is 6.61 Å². The van der Waals surface area contributed by atoms with Crippen LogP contribution >= 0.6 is 0 Å². The Balaban J connectivity index is 1.70. The fourth-order valence-corrected chi connectivity index (χ4v) is 2.48. The monoisotopic (exact) mass is 293 g/mol. The van der Waals surface area contributed by atoms with E-state index in [0.29, 0.717) is 5.56 Å². The lowest BCUT2D eigenvalue weighted by Gasteiger charge is -2.19. The van der Waals surface area contributed by atoms with Crippen molar-refractivity contribution in [1.82, 2.24) is 5.32 Å². The normalized spacial score (nSPS) is 15.5. The van der Waals surface area contributed by atoms with Crippen LogP contribution in [0.5, 0.6) is 0 Å². The van der Waals surface area contributed by atoms with E-state index in [0.717, 1.165) is 32.1 Å². The molecule has 0 atom stereocenters. The molecule has 1 N–H and O–H groups in total. The maximum Gasteiger partial charge on any atom is 0.309 e. The largest absolute Gasteiger partial charge is 0.455 e. The van der Waals surface area contributed by atoms with Crippen LogP contribution in [0.4, 0.5) is 4.39 Å². The van der Waals surface area contributed by atoms with Crippen LogP contribution in [-0.2, 0) is 20.9 Å². The van der Waals surface area contributed by atoms with Gasteiger partial charge in [0.1, 0.15) is 5.82 Å². The number of ether oxygens (including phenoxy) is 1. The number of amides is 1. The summed E-state index contributed by atoms with van der Waals surface area (Å²) in [7, 11) is 0. The van der Waals surface area contributed by atoms with Gasteiger partial charge in [-0.2, -0.15) is 0 Å². The molecule has 1 aliphatic carbocycles. The van der Waals surface area contributed by atoms with E-state index in [9.17, 15) is 14.0 Å². The molecule has 0 aromatic heterocycles. The third kappa shape index (κ3) is 4.85. The van der Waals surface area contributed by atoms with Crippen LogP contribution in [0.25, 0.3) is 0 Å². The van der Waals surface area contributed by atoms with Gasteiger partial charge in [-0.05, 0) is 18.9 Å². The Hall–Kier alpha value is -1.91. The molecule has 1 aromatic carbocycles. The summed E-state index contributed by atoms with van der Waals surface area (Å²) in [4.78, 5) is 23.4. The topological polar surface area (TPSA) is 55.4 Å². The van der Waals surface area contributed by atoms with Crippen LogP contribution in [0.15, 0.2) is 24.3 Å². The maximum atomic E-state index is 13.4. The number of benzene rings is 1. The minimum atomic E-state index is -0.414. The van der Waals surface area contributed by atoms with Gasteiger partial charge in [0.05, 0.1) is 5.92 Å². The molecule has 1 amide bonds. The van der Waals surface area contributed by atoms with Gasteiger partial charge < -0.3 is 10.1 Å². The van der Waals surface area contributed by atoms with Gasteiger partial charge in [0.25, 0.3) is 5.91 Å². The van der Waals surface area contributed by atoms with Gasteiger partial charge in [-0.3, -0.25) is 9.59 Å². The Labute approximate surface area is 123 Å². The molecule has 1 aromatic rings. The van der Waals surface area contributed by atoms with Gasteiger partial charge in [0.2, 0.25) is 0 Å². The van der Waals surface area contributed by atoms with Crippen LogP contribution in [0.2, 0.25) is 0 Å². The zero-order chi connectivity index (χ0) is 15.1. The molecule has 1 saturated carbocycles. The average molecular weight is 293 g/mol. The van der Waals surface area contributed by atoms with E-state index < -0.39 is 5.91 Å². The van der Waals surface area contributed by atoms with Crippen molar-refractivity contribution < 1.29 is 18.7 Å². The van der Waals surface area contributed by atoms with Gasteiger partial charge in [0, 0.05) is 12.1 Å². The first kappa shape index (κ1) is 15.5. The number of hydrogen-bond donors (Lipinski definition) is 1. The standard InChI is InChI=1S/C16H20FNO3/c17-14-9-5-4-8-13(14)10-18-15(19)11-21-16(20)12-6-2-1-3-7-12/h4-5,8-9,12H,1-3,6-7,10-11H2,(H,18,19). The average Bonchev–Trinajstić information content (AvgIpc) is 2.52. The molecule has 114 valence electrons. The van der Waals surface area contributed by atoms with Gasteiger partial charge >= 0.3 is 5.97 Å². The minimum absolute atomic E-state index is 0.0712. The molecule has 1 aliphatic rings. The van der Waals surface area contributed by atoms with Crippen molar-refractivity contribution >= 4 is 11.9 Å². The molecule has 0 saturated heterocycles. The molecule has 0 bridgehead atoms. The Morgan fingerprint density at radius 2 is 1.90 bits per heavy atom. The lowest BCUT2D eigenvalue weighted by Crippen LogP contribution is -2.30. The lowest BCUT2D eigenvalue weighted by atomic mass is 9.89. The number of rotatable bonds is 5. The maximum absolute atomic E-state index is 13.4. The Morgan fingerprint density at radius 1 is 1.19 bits per heavy atom. The van der Waals surface area contributed by atoms with E-state index in [1.807, 2.05) is 0 Å². The molecule has 5 heteroatoms. The van der Waals surface area contributed by atoms with Gasteiger partial charge in [-0.25, -0.2) is 4.39 Å². The van der Waals surface area contributed by atoms with Crippen molar-refractivity contribution in [2.45, 2.75) is 38.6 Å². The highest BCUT2D eigenvalue weighted by Gasteiger charge is 2.22. The quantitative estimate of drug-likeness (QED) is 0.849. The minimum Gasteiger partial charge on any atom is -0.455 e. The van der Waals surface area contributed by atoms with Crippen LogP contribution in [-0.4, -0.2) is 18.5 Å². The summed E-state index contributed by atoms with van der Waals surface area (Å²) in [6.07, 6.45) is 4.93. The van der Waals surface area contributed by atoms with E-state index in [1.54, 1.807) is 18.2 Å². The molecule has 21 heavy (non-hydrogen) atoms. The number of nitrogens with one attached hydrogen (secondary N) is 1. The molecular formula is C16H20FNO3. The molecule has 1 fully saturated rings. The summed E-state index contributed by atoms with van der Waals surface area (Å²) in [5, 5.41) is 2.54. The first-order valence-corrected chi connectivity index (χ1v) is 7.33. The molecule has 0 unspecified atom stereocenters. The zero-order valence-corrected chi connectivity index (χ0v) is 11.9. The summed E-state index contributed by atoms with van der Waals surface area (Å²) in [5.74, 6) is -1.15. The van der Waals surface area contributed by atoms with Crippen molar-refractivity contribution in [2.24, 2.45) is 5.92 Å². The summed E-state index contributed by atoms with van der Waals surface area (Å²) < 4.78 is 18.4. The summed E-state index contributed by atoms with van der Waals surface area (Å²) >= 11 is 0. The van der Waals surface area contributed by atoms with Crippen molar-refractivity contribution in [3.8, 4) is 0 Å². The SMILES string of the molecule is O=C(COC(=O)C1CCCCC1)NCc1ccccc1F. The number of carbonyl (C=O) groups excluding carboxylic acids is 2. The molecule has 4 nitrogen and oxygen atoms in total. The second kappa shape index (κ2) is 7.76. The smallest absolute Gasteiger partial charge is 0.309 e. The first-order valence-electron chi connectivity index (χ1n) is 7.33. The summed E-state index contributed by atoms with van der Waals surface area (Å²) in [5.41, 5.74) is 0.407. The third-order valence-electron chi connectivity index (χ3n) is 3.72. The van der Waals surface area contributed by atoms with Gasteiger partial charge in [-0.1, -0.05) is 37.5 Å². The predicted molar refractivity (Wildman–Crippen MR) is 75.8 cm³/mol. The molecule has 0 spiro atoms. The van der Waals surface area contributed by atoms with Crippen molar-refractivity contribution in [1.29, 1.82) is 0 Å². The van der Waals surface area contributed by atoms with Crippen LogP contribution in [0.1, 0.15) is 37.7 Å². The van der Waals surface area contributed by atoms with Crippen LogP contribution in [0.3, 0.4) is 0 Å². The predicted octanol–water partition coefficient (Wildman–Crippen LogP) is 2.57. The van der Waals surface area contributed by atoms with E-state index in [2.05, 4.69) is 5.32 Å². The van der Waals surface area contributed by atoms with Crippen molar-refractivity contribution in [3.05, 3.63) is 35.6 Å². The first-order chi connectivity index (χ1) is 10.2. The van der Waals surface area contributed by atoms with Crippen molar-refractivity contribution in [2.75, 3.05) is 6.61 Å². The van der Waals surface area contributed by atoms with Crippen LogP contribution < -0.4 is 5.32 Å². The highest BCUT2D eigenvalue weighted by molar-refractivity contribution is 5.81. The molecule has 0 heterocycles. The van der Waals surface area contributed by atoms with E-state index >= 15 is 0 Å². The highest BCUT2D eigenvalue weighted by Crippen LogP contribution is 2.24.